The van der Waals surface area contributed by atoms with Crippen LogP contribution in [0, 0.1) is 0 Å². The van der Waals surface area contributed by atoms with E-state index in [1.165, 1.54) is 20.2 Å². The fourth-order valence-electron chi connectivity index (χ4n) is 2.60. The van der Waals surface area contributed by atoms with E-state index in [0.29, 0.717) is 17.6 Å². The molecule has 3 atom stereocenters. The summed E-state index contributed by atoms with van der Waals surface area (Å²) in [4.78, 5) is 37.7. The lowest BCUT2D eigenvalue weighted by atomic mass is 10.1. The molecule has 3 rings (SSSR count). The minimum Gasteiger partial charge on any atom is -0.463 e. The van der Waals surface area contributed by atoms with Crippen LogP contribution in [0.4, 0.5) is 5.82 Å². The third-order valence-corrected chi connectivity index (χ3v) is 3.55. The van der Waals surface area contributed by atoms with Crippen molar-refractivity contribution in [3.8, 4) is 0 Å². The number of hydrogen-bond acceptors (Lipinski definition) is 9. The quantitative estimate of drug-likeness (QED) is 0.752. The predicted molar refractivity (Wildman–Crippen MR) is 80.5 cm³/mol. The van der Waals surface area contributed by atoms with E-state index in [0.717, 1.165) is 0 Å². The number of carbonyl (C=O) groups excluding carboxylic acids is 2. The van der Waals surface area contributed by atoms with Gasteiger partial charge in [-0.2, -0.15) is 0 Å². The van der Waals surface area contributed by atoms with Crippen molar-refractivity contribution in [1.82, 2.24) is 19.9 Å². The van der Waals surface area contributed by atoms with Crippen LogP contribution < -0.4 is 5.73 Å². The summed E-state index contributed by atoms with van der Waals surface area (Å²) in [5.41, 5.74) is 6.81. The lowest BCUT2D eigenvalue weighted by molar-refractivity contribution is -0.149. The molecule has 2 aromatic rings. The van der Waals surface area contributed by atoms with Crippen LogP contribution in [-0.2, 0) is 23.8 Å². The zero-order valence-electron chi connectivity index (χ0n) is 13.2. The number of fused-ring (bicyclic) bond motifs is 1. The van der Waals surface area contributed by atoms with Crippen molar-refractivity contribution < 1.29 is 23.8 Å². The van der Waals surface area contributed by atoms with Crippen LogP contribution in [0.2, 0.25) is 0 Å². The molecule has 1 saturated heterocycles. The van der Waals surface area contributed by atoms with Crippen molar-refractivity contribution in [2.75, 3.05) is 12.3 Å². The molecular weight excluding hydrogens is 318 g/mol. The molecule has 0 radical (unpaired) electrons. The highest BCUT2D eigenvalue weighted by atomic mass is 16.6. The van der Waals surface area contributed by atoms with E-state index in [2.05, 4.69) is 19.9 Å². The number of carbonyl (C=O) groups is 2. The SMILES string of the molecule is CC(=O)OC[C@@H]1C[C@@H](OC(C)=O)[C@H](c2nc(N)c3[nH]cnc3n2)O1. The van der Waals surface area contributed by atoms with E-state index in [1.807, 2.05) is 0 Å². The van der Waals surface area contributed by atoms with Gasteiger partial charge in [-0.3, -0.25) is 9.59 Å². The summed E-state index contributed by atoms with van der Waals surface area (Å²) < 4.78 is 16.1. The molecule has 3 N–H and O–H groups in total. The monoisotopic (exact) mass is 335 g/mol. The maximum Gasteiger partial charge on any atom is 0.303 e. The molecule has 0 saturated carbocycles. The van der Waals surface area contributed by atoms with Gasteiger partial charge in [0.05, 0.1) is 12.4 Å². The first kappa shape index (κ1) is 16.1. The number of imidazole rings is 1. The van der Waals surface area contributed by atoms with Crippen LogP contribution in [-0.4, -0.2) is 50.7 Å². The zero-order chi connectivity index (χ0) is 17.3. The third kappa shape index (κ3) is 3.27. The Morgan fingerprint density at radius 3 is 2.88 bits per heavy atom. The number of ether oxygens (including phenoxy) is 3. The van der Waals surface area contributed by atoms with E-state index >= 15 is 0 Å². The first-order chi connectivity index (χ1) is 11.4. The highest BCUT2D eigenvalue weighted by Crippen LogP contribution is 2.35. The number of nitrogens with two attached hydrogens (primary N) is 1. The number of H-pyrrole nitrogens is 1. The average Bonchev–Trinajstić information content (AvgIpc) is 3.11. The zero-order valence-corrected chi connectivity index (χ0v) is 13.2. The standard InChI is InChI=1S/C14H17N5O5/c1-6(20)22-4-8-3-9(23-7(2)21)11(24-8)14-18-12(15)10-13(19-14)17-5-16-10/h5,8-9,11H,3-4H2,1-2H3,(H3,15,16,17,18,19)/t8-,9+,11+/m0/s1. The Balaban J connectivity index is 1.86. The lowest BCUT2D eigenvalue weighted by Crippen LogP contribution is -2.22. The number of aromatic amines is 1. The van der Waals surface area contributed by atoms with Crippen LogP contribution in [0.3, 0.4) is 0 Å². The van der Waals surface area contributed by atoms with Crippen molar-refractivity contribution in [3.05, 3.63) is 12.2 Å². The summed E-state index contributed by atoms with van der Waals surface area (Å²) in [7, 11) is 0. The van der Waals surface area contributed by atoms with Crippen molar-refractivity contribution in [2.24, 2.45) is 0 Å². The van der Waals surface area contributed by atoms with Gasteiger partial charge in [0.2, 0.25) is 0 Å². The first-order valence-electron chi connectivity index (χ1n) is 7.36. The fraction of sp³-hybridized carbons (Fsp3) is 0.500. The molecule has 10 heteroatoms. The van der Waals surface area contributed by atoms with Gasteiger partial charge >= 0.3 is 11.9 Å². The number of esters is 2. The lowest BCUT2D eigenvalue weighted by Gasteiger charge is -2.17. The minimum atomic E-state index is -0.710. The van der Waals surface area contributed by atoms with Crippen molar-refractivity contribution >= 4 is 28.9 Å². The second-order valence-corrected chi connectivity index (χ2v) is 5.43. The van der Waals surface area contributed by atoms with Gasteiger partial charge in [0.15, 0.2) is 23.4 Å². The summed E-state index contributed by atoms with van der Waals surface area (Å²) in [6, 6.07) is 0. The summed E-state index contributed by atoms with van der Waals surface area (Å²) >= 11 is 0. The highest BCUT2D eigenvalue weighted by Gasteiger charge is 2.41. The van der Waals surface area contributed by atoms with Gasteiger partial charge in [-0.15, -0.1) is 0 Å². The van der Waals surface area contributed by atoms with Gasteiger partial charge < -0.3 is 24.9 Å². The number of nitrogen functional groups attached to an aromatic ring is 1. The van der Waals surface area contributed by atoms with Gasteiger partial charge in [-0.1, -0.05) is 0 Å². The molecule has 0 unspecified atom stereocenters. The maximum atomic E-state index is 11.3. The fourth-order valence-corrected chi connectivity index (χ4v) is 2.60. The Morgan fingerprint density at radius 2 is 2.17 bits per heavy atom. The molecule has 2 aromatic heterocycles. The molecule has 0 amide bonds. The summed E-state index contributed by atoms with van der Waals surface area (Å²) in [6.45, 7) is 2.68. The Morgan fingerprint density at radius 1 is 1.38 bits per heavy atom. The topological polar surface area (TPSA) is 142 Å². The minimum absolute atomic E-state index is 0.0593. The Bertz CT molecular complexity index is 776. The molecule has 0 aromatic carbocycles. The molecule has 0 bridgehead atoms. The van der Waals surface area contributed by atoms with Crippen LogP contribution in [0.1, 0.15) is 32.2 Å². The van der Waals surface area contributed by atoms with E-state index in [-0.39, 0.29) is 18.2 Å². The number of nitrogens with zero attached hydrogens (tertiary/aromatic N) is 3. The van der Waals surface area contributed by atoms with Crippen LogP contribution in [0.15, 0.2) is 6.33 Å². The van der Waals surface area contributed by atoms with E-state index < -0.39 is 30.3 Å². The molecular formula is C14H17N5O5. The highest BCUT2D eigenvalue weighted by molar-refractivity contribution is 5.80. The largest absolute Gasteiger partial charge is 0.463 e. The Hall–Kier alpha value is -2.75. The summed E-state index contributed by atoms with van der Waals surface area (Å²) in [6.07, 6.45) is 0.0845. The number of aromatic nitrogens is 4. The molecule has 3 heterocycles. The Labute approximate surface area is 136 Å². The number of nitrogens with one attached hydrogen (secondary N) is 1. The van der Waals surface area contributed by atoms with Crippen LogP contribution >= 0.6 is 0 Å². The van der Waals surface area contributed by atoms with Gasteiger partial charge in [-0.05, 0) is 0 Å². The molecule has 1 aliphatic rings. The maximum absolute atomic E-state index is 11.3. The molecule has 0 spiro atoms. The molecule has 128 valence electrons. The smallest absolute Gasteiger partial charge is 0.303 e. The van der Waals surface area contributed by atoms with E-state index in [4.69, 9.17) is 19.9 Å². The molecule has 24 heavy (non-hydrogen) atoms. The second kappa shape index (κ2) is 6.40. The van der Waals surface area contributed by atoms with Gasteiger partial charge in [0.25, 0.3) is 0 Å². The van der Waals surface area contributed by atoms with Crippen molar-refractivity contribution in [3.63, 3.8) is 0 Å². The summed E-state index contributed by atoms with van der Waals surface area (Å²) in [5, 5.41) is 0. The normalized spacial score (nSPS) is 23.3. The molecule has 1 fully saturated rings. The Kier molecular flexibility index (Phi) is 4.30. The van der Waals surface area contributed by atoms with Crippen LogP contribution in [0.5, 0.6) is 0 Å². The van der Waals surface area contributed by atoms with Crippen molar-refractivity contribution in [1.29, 1.82) is 0 Å². The number of rotatable bonds is 4. The first-order valence-corrected chi connectivity index (χ1v) is 7.36. The van der Waals surface area contributed by atoms with Gasteiger partial charge in [0, 0.05) is 20.3 Å². The number of hydrogen-bond donors (Lipinski definition) is 2. The van der Waals surface area contributed by atoms with Crippen LogP contribution in [0.25, 0.3) is 11.2 Å². The molecule has 1 aliphatic heterocycles. The van der Waals surface area contributed by atoms with Crippen molar-refractivity contribution in [2.45, 2.75) is 38.6 Å². The van der Waals surface area contributed by atoms with E-state index in [1.54, 1.807) is 0 Å². The predicted octanol–water partition coefficient (Wildman–Crippen LogP) is 0.260. The van der Waals surface area contributed by atoms with E-state index in [9.17, 15) is 9.59 Å². The summed E-state index contributed by atoms with van der Waals surface area (Å²) in [5.74, 6) is -0.370. The van der Waals surface area contributed by atoms with Gasteiger partial charge in [0.1, 0.15) is 18.2 Å². The molecule has 0 aliphatic carbocycles. The number of anilines is 1. The second-order valence-electron chi connectivity index (χ2n) is 5.43. The molecule has 10 nitrogen and oxygen atoms in total. The average molecular weight is 335 g/mol. The third-order valence-electron chi connectivity index (χ3n) is 3.55. The van der Waals surface area contributed by atoms with Gasteiger partial charge in [-0.25, -0.2) is 15.0 Å².